The standard InChI is InChI=1S/C13H16N4/c1-13(2)8-14-11-5-4-10(16-12(11)13)9-6-15-17(3)7-9/h4-7,14H,8H2,1-3H3. The highest BCUT2D eigenvalue weighted by Gasteiger charge is 2.31. The minimum Gasteiger partial charge on any atom is -0.383 e. The maximum atomic E-state index is 4.77. The van der Waals surface area contributed by atoms with Gasteiger partial charge in [0.15, 0.2) is 0 Å². The number of rotatable bonds is 1. The highest BCUT2D eigenvalue weighted by atomic mass is 15.2. The third kappa shape index (κ3) is 1.60. The maximum Gasteiger partial charge on any atom is 0.0738 e. The Morgan fingerprint density at radius 2 is 2.18 bits per heavy atom. The molecule has 0 unspecified atom stereocenters. The quantitative estimate of drug-likeness (QED) is 0.813. The van der Waals surface area contributed by atoms with Crippen molar-refractivity contribution in [2.75, 3.05) is 11.9 Å². The van der Waals surface area contributed by atoms with E-state index in [0.717, 1.165) is 29.2 Å². The summed E-state index contributed by atoms with van der Waals surface area (Å²) < 4.78 is 1.80. The second-order valence-corrected chi connectivity index (χ2v) is 5.23. The molecule has 1 N–H and O–H groups in total. The minimum absolute atomic E-state index is 0.105. The van der Waals surface area contributed by atoms with Crippen LogP contribution in [-0.4, -0.2) is 21.3 Å². The predicted octanol–water partition coefficient (Wildman–Crippen LogP) is 2.19. The van der Waals surface area contributed by atoms with Gasteiger partial charge in [-0.3, -0.25) is 4.68 Å². The molecule has 0 amide bonds. The first-order valence-corrected chi connectivity index (χ1v) is 5.81. The monoisotopic (exact) mass is 228 g/mol. The number of hydrogen-bond donors (Lipinski definition) is 1. The summed E-state index contributed by atoms with van der Waals surface area (Å²) in [4.78, 5) is 4.77. The van der Waals surface area contributed by atoms with Crippen LogP contribution < -0.4 is 5.32 Å². The van der Waals surface area contributed by atoms with Crippen molar-refractivity contribution in [2.24, 2.45) is 7.05 Å². The molecule has 2 aromatic heterocycles. The van der Waals surface area contributed by atoms with Crippen LogP contribution in [0.1, 0.15) is 19.5 Å². The molecular weight excluding hydrogens is 212 g/mol. The van der Waals surface area contributed by atoms with E-state index in [1.54, 1.807) is 4.68 Å². The summed E-state index contributed by atoms with van der Waals surface area (Å²) in [6.45, 7) is 5.38. The van der Waals surface area contributed by atoms with Crippen LogP contribution in [0.4, 0.5) is 5.69 Å². The molecule has 2 aromatic rings. The molecule has 4 nitrogen and oxygen atoms in total. The fourth-order valence-electron chi connectivity index (χ4n) is 2.23. The van der Waals surface area contributed by atoms with Crippen molar-refractivity contribution in [3.05, 3.63) is 30.2 Å². The molecule has 0 aromatic carbocycles. The lowest BCUT2D eigenvalue weighted by atomic mass is 9.91. The van der Waals surface area contributed by atoms with Crippen molar-refractivity contribution in [2.45, 2.75) is 19.3 Å². The Kier molecular flexibility index (Phi) is 2.02. The molecule has 0 radical (unpaired) electrons. The zero-order valence-corrected chi connectivity index (χ0v) is 10.4. The van der Waals surface area contributed by atoms with Gasteiger partial charge < -0.3 is 5.32 Å². The van der Waals surface area contributed by atoms with Gasteiger partial charge in [-0.2, -0.15) is 5.10 Å². The first-order valence-electron chi connectivity index (χ1n) is 5.81. The van der Waals surface area contributed by atoms with Crippen LogP contribution in [0, 0.1) is 0 Å². The van der Waals surface area contributed by atoms with Crippen molar-refractivity contribution < 1.29 is 0 Å². The van der Waals surface area contributed by atoms with Crippen LogP contribution in [0.15, 0.2) is 24.5 Å². The maximum absolute atomic E-state index is 4.77. The van der Waals surface area contributed by atoms with Gasteiger partial charge in [-0.15, -0.1) is 0 Å². The van der Waals surface area contributed by atoms with Gasteiger partial charge in [0.25, 0.3) is 0 Å². The largest absolute Gasteiger partial charge is 0.383 e. The molecule has 0 bridgehead atoms. The summed E-state index contributed by atoms with van der Waals surface area (Å²) in [5, 5.41) is 7.57. The zero-order valence-electron chi connectivity index (χ0n) is 10.4. The first-order chi connectivity index (χ1) is 8.06. The summed E-state index contributed by atoms with van der Waals surface area (Å²) in [5.74, 6) is 0. The third-order valence-electron chi connectivity index (χ3n) is 3.26. The van der Waals surface area contributed by atoms with Crippen molar-refractivity contribution in [1.29, 1.82) is 0 Å². The van der Waals surface area contributed by atoms with Gasteiger partial charge in [-0.05, 0) is 12.1 Å². The van der Waals surface area contributed by atoms with Crippen molar-refractivity contribution in [3.8, 4) is 11.3 Å². The topological polar surface area (TPSA) is 42.7 Å². The molecule has 3 rings (SSSR count). The van der Waals surface area contributed by atoms with Crippen molar-refractivity contribution in [3.63, 3.8) is 0 Å². The summed E-state index contributed by atoms with van der Waals surface area (Å²) in [6.07, 6.45) is 3.84. The number of pyridine rings is 1. The van der Waals surface area contributed by atoms with Crippen molar-refractivity contribution in [1.82, 2.24) is 14.8 Å². The molecule has 0 fully saturated rings. The zero-order chi connectivity index (χ0) is 12.0. The van der Waals surface area contributed by atoms with E-state index in [4.69, 9.17) is 4.98 Å². The predicted molar refractivity (Wildman–Crippen MR) is 68.0 cm³/mol. The van der Waals surface area contributed by atoms with Crippen LogP contribution in [0.3, 0.4) is 0 Å². The second-order valence-electron chi connectivity index (χ2n) is 5.23. The minimum atomic E-state index is 0.105. The van der Waals surface area contributed by atoms with E-state index in [2.05, 4.69) is 30.3 Å². The van der Waals surface area contributed by atoms with E-state index in [-0.39, 0.29) is 5.41 Å². The number of hydrogen-bond acceptors (Lipinski definition) is 3. The number of nitrogens with zero attached hydrogens (tertiary/aromatic N) is 3. The van der Waals surface area contributed by atoms with E-state index >= 15 is 0 Å². The Balaban J connectivity index is 2.10. The average Bonchev–Trinajstić information content (AvgIpc) is 2.84. The summed E-state index contributed by atoms with van der Waals surface area (Å²) in [7, 11) is 1.92. The summed E-state index contributed by atoms with van der Waals surface area (Å²) in [6, 6.07) is 4.16. The van der Waals surface area contributed by atoms with E-state index < -0.39 is 0 Å². The Bertz CT molecular complexity index is 569. The lowest BCUT2D eigenvalue weighted by Gasteiger charge is -2.16. The SMILES string of the molecule is Cn1cc(-c2ccc3c(n2)C(C)(C)CN3)cn1. The number of anilines is 1. The first kappa shape index (κ1) is 10.3. The van der Waals surface area contributed by atoms with Crippen LogP contribution in [0.25, 0.3) is 11.3 Å². The van der Waals surface area contributed by atoms with Crippen LogP contribution in [-0.2, 0) is 12.5 Å². The normalized spacial score (nSPS) is 16.6. The highest BCUT2D eigenvalue weighted by Crippen LogP contribution is 2.35. The highest BCUT2D eigenvalue weighted by molar-refractivity contribution is 5.65. The molecule has 0 spiro atoms. The van der Waals surface area contributed by atoms with E-state index in [1.165, 1.54) is 0 Å². The van der Waals surface area contributed by atoms with E-state index in [9.17, 15) is 0 Å². The number of aryl methyl sites for hydroxylation is 1. The fourth-order valence-corrected chi connectivity index (χ4v) is 2.23. The molecule has 88 valence electrons. The Morgan fingerprint density at radius 1 is 1.35 bits per heavy atom. The molecule has 0 saturated heterocycles. The van der Waals surface area contributed by atoms with Crippen LogP contribution in [0.2, 0.25) is 0 Å². The number of nitrogens with one attached hydrogen (secondary N) is 1. The Hall–Kier alpha value is -1.84. The fraction of sp³-hybridized carbons (Fsp3) is 0.385. The van der Waals surface area contributed by atoms with E-state index in [0.29, 0.717) is 0 Å². The van der Waals surface area contributed by atoms with Gasteiger partial charge in [0, 0.05) is 30.8 Å². The Labute approximate surface area is 101 Å². The summed E-state index contributed by atoms with van der Waals surface area (Å²) >= 11 is 0. The van der Waals surface area contributed by atoms with Gasteiger partial charge in [0.1, 0.15) is 0 Å². The van der Waals surface area contributed by atoms with Crippen LogP contribution in [0.5, 0.6) is 0 Å². The molecule has 0 aliphatic carbocycles. The lowest BCUT2D eigenvalue weighted by Crippen LogP contribution is -2.20. The molecule has 4 heteroatoms. The molecule has 1 aliphatic heterocycles. The molecule has 1 aliphatic rings. The molecule has 0 saturated carbocycles. The Morgan fingerprint density at radius 3 is 2.88 bits per heavy atom. The number of aromatic nitrogens is 3. The molecule has 0 atom stereocenters. The summed E-state index contributed by atoms with van der Waals surface area (Å²) in [5.41, 5.74) is 4.47. The van der Waals surface area contributed by atoms with Gasteiger partial charge in [-0.25, -0.2) is 4.98 Å². The molecule has 17 heavy (non-hydrogen) atoms. The van der Waals surface area contributed by atoms with Gasteiger partial charge in [0.05, 0.1) is 23.3 Å². The molecule has 3 heterocycles. The van der Waals surface area contributed by atoms with Gasteiger partial charge >= 0.3 is 0 Å². The third-order valence-corrected chi connectivity index (χ3v) is 3.26. The number of fused-ring (bicyclic) bond motifs is 1. The smallest absolute Gasteiger partial charge is 0.0738 e. The van der Waals surface area contributed by atoms with Crippen molar-refractivity contribution >= 4 is 5.69 Å². The van der Waals surface area contributed by atoms with Gasteiger partial charge in [0.2, 0.25) is 0 Å². The van der Waals surface area contributed by atoms with E-state index in [1.807, 2.05) is 25.5 Å². The molecular formula is C13H16N4. The van der Waals surface area contributed by atoms with Crippen LogP contribution >= 0.6 is 0 Å². The van der Waals surface area contributed by atoms with Gasteiger partial charge in [-0.1, -0.05) is 13.8 Å². The lowest BCUT2D eigenvalue weighted by molar-refractivity contribution is 0.569. The second kappa shape index (κ2) is 3.32. The average molecular weight is 228 g/mol.